The maximum atomic E-state index is 13.3. The molecular formula is C69H131NO13. The van der Waals surface area contributed by atoms with Crippen LogP contribution >= 0.6 is 0 Å². The number of aliphatic hydroxyl groups excluding tert-OH is 8. The van der Waals surface area contributed by atoms with Gasteiger partial charge in [0.1, 0.15) is 48.8 Å². The van der Waals surface area contributed by atoms with E-state index in [1.165, 1.54) is 250 Å². The largest absolute Gasteiger partial charge is 0.394 e. The fourth-order valence-electron chi connectivity index (χ4n) is 11.8. The van der Waals surface area contributed by atoms with Crippen molar-refractivity contribution in [3.63, 3.8) is 0 Å². The van der Waals surface area contributed by atoms with E-state index < -0.39 is 86.8 Å². The smallest absolute Gasteiger partial charge is 0.220 e. The van der Waals surface area contributed by atoms with E-state index in [2.05, 4.69) is 31.3 Å². The fraction of sp³-hybridized carbons (Fsp3) is 0.928. The molecule has 2 fully saturated rings. The number of aliphatic hydroxyl groups is 8. The topological polar surface area (TPSA) is 228 Å². The number of unbranched alkanes of at least 4 members (excludes halogenated alkanes) is 43. The number of rotatable bonds is 58. The Kier molecular flexibility index (Phi) is 51.0. The van der Waals surface area contributed by atoms with Crippen LogP contribution in [0.3, 0.4) is 0 Å². The van der Waals surface area contributed by atoms with E-state index in [1.54, 1.807) is 6.08 Å². The number of allylic oxidation sites excluding steroid dienone is 3. The molecule has 2 aliphatic heterocycles. The molecule has 14 heteroatoms. The van der Waals surface area contributed by atoms with Crippen LogP contribution in [0.2, 0.25) is 0 Å². The van der Waals surface area contributed by atoms with Gasteiger partial charge in [0.15, 0.2) is 12.6 Å². The highest BCUT2D eigenvalue weighted by atomic mass is 16.7. The summed E-state index contributed by atoms with van der Waals surface area (Å²) >= 11 is 0. The standard InChI is InChI=1S/C69H131NO13/c1-3-5-7-9-11-13-15-17-19-20-21-22-23-24-25-26-27-28-29-30-31-32-33-34-35-36-37-39-41-43-45-47-49-51-53-61(74)70-57(58(73)52-50-48-46-44-42-40-38-18-16-14-12-10-8-6-4-2)56-80-68-66(79)64(77)67(60(55-72)82-68)83-69-65(78)63(76)62(75)59(54-71)81-69/h42,44,50,52,57-60,62-69,71-73,75-79H,3-41,43,45-49,51,53-56H2,1-2H3,(H,70,74)/b44-42+,52-50+. The van der Waals surface area contributed by atoms with Crippen molar-refractivity contribution in [2.24, 2.45) is 0 Å². The van der Waals surface area contributed by atoms with Gasteiger partial charge in [-0.05, 0) is 32.1 Å². The van der Waals surface area contributed by atoms with Gasteiger partial charge in [0.25, 0.3) is 0 Å². The highest BCUT2D eigenvalue weighted by Crippen LogP contribution is 2.30. The quantitative estimate of drug-likeness (QED) is 0.0204. The lowest BCUT2D eigenvalue weighted by Gasteiger charge is -2.46. The summed E-state index contributed by atoms with van der Waals surface area (Å²) in [5.41, 5.74) is 0. The minimum atomic E-state index is -1.79. The molecule has 2 saturated heterocycles. The average Bonchev–Trinajstić information content (AvgIpc) is 3.65. The zero-order valence-electron chi connectivity index (χ0n) is 53.2. The van der Waals surface area contributed by atoms with Crippen molar-refractivity contribution < 1.29 is 64.6 Å². The molecule has 0 radical (unpaired) electrons. The SMILES string of the molecule is CCCCCCCCCCC/C=C/CC/C=C/C(O)C(COC1OC(CO)C(OC2OC(CO)C(O)C(O)C2O)C(O)C1O)NC(=O)CCCCCCCCCCCCCCCCCCCCCCCCCCCCCCCCCCCC. The third-order valence-electron chi connectivity index (χ3n) is 17.4. The van der Waals surface area contributed by atoms with Crippen molar-refractivity contribution in [2.75, 3.05) is 19.8 Å². The molecule has 2 rings (SSSR count). The molecule has 12 unspecified atom stereocenters. The molecule has 0 spiro atoms. The van der Waals surface area contributed by atoms with E-state index in [9.17, 15) is 45.6 Å². The summed E-state index contributed by atoms with van der Waals surface area (Å²) in [6.07, 6.45) is 51.2. The first-order chi connectivity index (χ1) is 40.6. The van der Waals surface area contributed by atoms with Gasteiger partial charge in [-0.1, -0.05) is 301 Å². The van der Waals surface area contributed by atoms with Crippen LogP contribution in [0.1, 0.15) is 316 Å². The molecule has 12 atom stereocenters. The van der Waals surface area contributed by atoms with Gasteiger partial charge < -0.3 is 65.1 Å². The normalized spacial score (nSPS) is 23.9. The molecule has 490 valence electrons. The van der Waals surface area contributed by atoms with Crippen molar-refractivity contribution in [1.29, 1.82) is 0 Å². The van der Waals surface area contributed by atoms with Crippen LogP contribution in [0, 0.1) is 0 Å². The van der Waals surface area contributed by atoms with Gasteiger partial charge in [-0.2, -0.15) is 0 Å². The Balaban J connectivity index is 1.61. The van der Waals surface area contributed by atoms with Crippen LogP contribution in [0.15, 0.2) is 24.3 Å². The summed E-state index contributed by atoms with van der Waals surface area (Å²) in [5.74, 6) is -0.243. The molecule has 0 aliphatic carbocycles. The number of carbonyl (C=O) groups excluding carboxylic acids is 1. The summed E-state index contributed by atoms with van der Waals surface area (Å²) in [6.45, 7) is 2.81. The Hall–Kier alpha value is -1.53. The van der Waals surface area contributed by atoms with Gasteiger partial charge >= 0.3 is 0 Å². The molecular weight excluding hydrogens is 1050 g/mol. The van der Waals surface area contributed by atoms with Crippen LogP contribution in [0.4, 0.5) is 0 Å². The van der Waals surface area contributed by atoms with E-state index in [0.717, 1.165) is 32.1 Å². The maximum Gasteiger partial charge on any atom is 0.220 e. The van der Waals surface area contributed by atoms with Crippen molar-refractivity contribution in [1.82, 2.24) is 5.32 Å². The fourth-order valence-corrected chi connectivity index (χ4v) is 11.8. The predicted molar refractivity (Wildman–Crippen MR) is 337 cm³/mol. The van der Waals surface area contributed by atoms with Crippen LogP contribution in [0.5, 0.6) is 0 Å². The second-order valence-corrected chi connectivity index (χ2v) is 25.0. The Bertz CT molecular complexity index is 1490. The van der Waals surface area contributed by atoms with Crippen molar-refractivity contribution in [3.8, 4) is 0 Å². The number of hydrogen-bond acceptors (Lipinski definition) is 13. The summed E-state index contributed by atoms with van der Waals surface area (Å²) in [7, 11) is 0. The monoisotopic (exact) mass is 1180 g/mol. The molecule has 2 heterocycles. The second-order valence-electron chi connectivity index (χ2n) is 25.0. The third-order valence-corrected chi connectivity index (χ3v) is 17.4. The van der Waals surface area contributed by atoms with Crippen LogP contribution < -0.4 is 5.32 Å². The van der Waals surface area contributed by atoms with Gasteiger partial charge in [0.2, 0.25) is 5.91 Å². The van der Waals surface area contributed by atoms with Crippen molar-refractivity contribution in [3.05, 3.63) is 24.3 Å². The average molecular weight is 1180 g/mol. The molecule has 2 aliphatic rings. The Morgan fingerprint density at radius 3 is 1.18 bits per heavy atom. The lowest BCUT2D eigenvalue weighted by molar-refractivity contribution is -0.359. The van der Waals surface area contributed by atoms with Gasteiger partial charge in [-0.25, -0.2) is 0 Å². The van der Waals surface area contributed by atoms with Gasteiger partial charge in [0, 0.05) is 6.42 Å². The van der Waals surface area contributed by atoms with Crippen LogP contribution in [-0.4, -0.2) is 140 Å². The highest BCUT2D eigenvalue weighted by molar-refractivity contribution is 5.76. The number of nitrogens with one attached hydrogen (secondary N) is 1. The molecule has 9 N–H and O–H groups in total. The lowest BCUT2D eigenvalue weighted by atomic mass is 9.97. The van der Waals surface area contributed by atoms with E-state index in [-0.39, 0.29) is 18.9 Å². The van der Waals surface area contributed by atoms with Crippen LogP contribution in [-0.2, 0) is 23.7 Å². The molecule has 0 aromatic heterocycles. The Morgan fingerprint density at radius 1 is 0.422 bits per heavy atom. The zero-order chi connectivity index (χ0) is 60.2. The Labute approximate surface area is 507 Å². The first-order valence-electron chi connectivity index (χ1n) is 35.1. The molecule has 0 saturated carbocycles. The number of ether oxygens (including phenoxy) is 4. The molecule has 1 amide bonds. The zero-order valence-corrected chi connectivity index (χ0v) is 53.2. The minimum Gasteiger partial charge on any atom is -0.394 e. The molecule has 83 heavy (non-hydrogen) atoms. The third kappa shape index (κ3) is 39.2. The lowest BCUT2D eigenvalue weighted by Crippen LogP contribution is -2.65. The number of carbonyl (C=O) groups is 1. The summed E-state index contributed by atoms with van der Waals surface area (Å²) in [4.78, 5) is 13.3. The van der Waals surface area contributed by atoms with Gasteiger partial charge in [-0.15, -0.1) is 0 Å². The van der Waals surface area contributed by atoms with Crippen molar-refractivity contribution >= 4 is 5.91 Å². The van der Waals surface area contributed by atoms with E-state index in [0.29, 0.717) is 12.8 Å². The van der Waals surface area contributed by atoms with E-state index in [1.807, 2.05) is 6.08 Å². The summed E-state index contributed by atoms with van der Waals surface area (Å²) < 4.78 is 22.8. The van der Waals surface area contributed by atoms with E-state index in [4.69, 9.17) is 18.9 Å². The minimum absolute atomic E-state index is 0.243. The van der Waals surface area contributed by atoms with Crippen LogP contribution in [0.25, 0.3) is 0 Å². The predicted octanol–water partition coefficient (Wildman–Crippen LogP) is 14.0. The first kappa shape index (κ1) is 77.6. The van der Waals surface area contributed by atoms with Crippen molar-refractivity contribution in [2.45, 2.75) is 389 Å². The Morgan fingerprint density at radius 2 is 0.771 bits per heavy atom. The molecule has 0 aromatic rings. The second kappa shape index (κ2) is 54.6. The molecule has 14 nitrogen and oxygen atoms in total. The summed E-state index contributed by atoms with van der Waals surface area (Å²) in [6, 6.07) is -0.928. The summed E-state index contributed by atoms with van der Waals surface area (Å²) in [5, 5.41) is 87.2. The molecule has 0 aromatic carbocycles. The number of hydrogen-bond donors (Lipinski definition) is 9. The first-order valence-corrected chi connectivity index (χ1v) is 35.1. The highest BCUT2D eigenvalue weighted by Gasteiger charge is 2.51. The van der Waals surface area contributed by atoms with E-state index >= 15 is 0 Å². The van der Waals surface area contributed by atoms with Gasteiger partial charge in [0.05, 0.1) is 32.0 Å². The van der Waals surface area contributed by atoms with Gasteiger partial charge in [-0.3, -0.25) is 4.79 Å². The number of amides is 1. The maximum absolute atomic E-state index is 13.3. The molecule has 0 bridgehead atoms.